The fourth-order valence-electron chi connectivity index (χ4n) is 2.89. The molecule has 0 aliphatic carbocycles. The Morgan fingerprint density at radius 3 is 2.75 bits per heavy atom. The van der Waals surface area contributed by atoms with Crippen molar-refractivity contribution in [2.24, 2.45) is 5.92 Å². The normalized spacial score (nSPS) is 23.6. The number of carbonyl (C=O) groups excluding carboxylic acids is 1. The largest absolute Gasteiger partial charge is 0.481 e. The van der Waals surface area contributed by atoms with Gasteiger partial charge in [-0.05, 0) is 43.0 Å². The van der Waals surface area contributed by atoms with E-state index in [0.717, 1.165) is 11.1 Å². The van der Waals surface area contributed by atoms with Crippen molar-refractivity contribution in [1.82, 2.24) is 4.90 Å². The number of carboxylic acids is 1. The summed E-state index contributed by atoms with van der Waals surface area (Å²) >= 11 is 5.96. The van der Waals surface area contributed by atoms with Gasteiger partial charge in [-0.25, -0.2) is 0 Å². The molecule has 2 atom stereocenters. The topological polar surface area (TPSA) is 57.6 Å². The van der Waals surface area contributed by atoms with Crippen LogP contribution < -0.4 is 0 Å². The number of aliphatic carboxylic acids is 1. The van der Waals surface area contributed by atoms with Gasteiger partial charge in [-0.2, -0.15) is 0 Å². The van der Waals surface area contributed by atoms with Crippen LogP contribution in [0.4, 0.5) is 0 Å². The zero-order valence-corrected chi connectivity index (χ0v) is 12.4. The van der Waals surface area contributed by atoms with Crippen molar-refractivity contribution in [3.8, 4) is 0 Å². The molecule has 1 fully saturated rings. The number of nitrogens with zero attached hydrogens (tertiary/aromatic N) is 1. The van der Waals surface area contributed by atoms with E-state index in [2.05, 4.69) is 0 Å². The number of halogens is 1. The second-order valence-electron chi connectivity index (χ2n) is 5.29. The number of carboxylic acid groups (broad SMARTS) is 1. The van der Waals surface area contributed by atoms with Crippen LogP contribution in [-0.2, 0) is 9.59 Å². The van der Waals surface area contributed by atoms with Crippen molar-refractivity contribution < 1.29 is 14.7 Å². The first-order chi connectivity index (χ1) is 9.41. The Balaban J connectivity index is 2.50. The molecule has 0 radical (unpaired) electrons. The molecule has 1 aliphatic rings. The summed E-state index contributed by atoms with van der Waals surface area (Å²) in [6.07, 6.45) is 1.53. The van der Waals surface area contributed by atoms with E-state index in [1.54, 1.807) is 24.1 Å². The first kappa shape index (κ1) is 14.9. The second-order valence-corrected chi connectivity index (χ2v) is 5.72. The van der Waals surface area contributed by atoms with Crippen LogP contribution in [-0.4, -0.2) is 28.9 Å². The molecule has 20 heavy (non-hydrogen) atoms. The van der Waals surface area contributed by atoms with Gasteiger partial charge in [-0.3, -0.25) is 9.59 Å². The molecule has 1 aromatic rings. The molecule has 2 rings (SSSR count). The predicted octanol–water partition coefficient (Wildman–Crippen LogP) is 3.03. The number of hydrogen-bond donors (Lipinski definition) is 1. The molecule has 4 nitrogen and oxygen atoms in total. The maximum Gasteiger partial charge on any atom is 0.308 e. The fourth-order valence-corrected chi connectivity index (χ4v) is 3.11. The number of aryl methyl sites for hydroxylation is 1. The quantitative estimate of drug-likeness (QED) is 0.912. The van der Waals surface area contributed by atoms with Crippen molar-refractivity contribution in [3.05, 3.63) is 34.3 Å². The Morgan fingerprint density at radius 2 is 2.15 bits per heavy atom. The highest BCUT2D eigenvalue weighted by molar-refractivity contribution is 6.30. The molecular formula is C15H18ClNO3. The molecule has 1 saturated heterocycles. The van der Waals surface area contributed by atoms with Crippen LogP contribution in [0.1, 0.15) is 36.4 Å². The van der Waals surface area contributed by atoms with Crippen LogP contribution in [0, 0.1) is 12.8 Å². The van der Waals surface area contributed by atoms with Gasteiger partial charge in [0.15, 0.2) is 0 Å². The number of benzene rings is 1. The molecule has 1 heterocycles. The van der Waals surface area contributed by atoms with E-state index in [0.29, 0.717) is 24.3 Å². The number of rotatable bonds is 2. The van der Waals surface area contributed by atoms with Gasteiger partial charge in [-0.15, -0.1) is 0 Å². The molecule has 5 heteroatoms. The van der Waals surface area contributed by atoms with Gasteiger partial charge in [0.25, 0.3) is 0 Å². The lowest BCUT2D eigenvalue weighted by molar-refractivity contribution is -0.145. The Labute approximate surface area is 123 Å². The van der Waals surface area contributed by atoms with E-state index < -0.39 is 17.9 Å². The molecular weight excluding hydrogens is 278 g/mol. The highest BCUT2D eigenvalue weighted by Crippen LogP contribution is 2.37. The number of likely N-dealkylation sites (tertiary alicyclic amines) is 1. The monoisotopic (exact) mass is 295 g/mol. The zero-order chi connectivity index (χ0) is 14.9. The fraction of sp³-hybridized carbons (Fsp3) is 0.467. The third kappa shape index (κ3) is 2.80. The minimum absolute atomic E-state index is 0.00639. The van der Waals surface area contributed by atoms with Crippen LogP contribution in [0.25, 0.3) is 0 Å². The van der Waals surface area contributed by atoms with Gasteiger partial charge in [0.05, 0.1) is 12.0 Å². The standard InChI is InChI=1S/C15H18ClNO3/c1-9-8-10(16)6-7-11(9)14-12(15(19)20)4-3-5-13(18)17(14)2/h6-8,12,14H,3-5H2,1-2H3,(H,19,20). The third-order valence-electron chi connectivity index (χ3n) is 3.97. The van der Waals surface area contributed by atoms with Crippen molar-refractivity contribution in [2.45, 2.75) is 32.2 Å². The van der Waals surface area contributed by atoms with Gasteiger partial charge in [0.2, 0.25) is 5.91 Å². The summed E-state index contributed by atoms with van der Waals surface area (Å²) in [5.74, 6) is -1.44. The molecule has 0 saturated carbocycles. The molecule has 0 spiro atoms. The first-order valence-electron chi connectivity index (χ1n) is 6.66. The third-order valence-corrected chi connectivity index (χ3v) is 4.20. The molecule has 1 amide bonds. The lowest BCUT2D eigenvalue weighted by atomic mass is 9.87. The number of hydrogen-bond acceptors (Lipinski definition) is 2. The lowest BCUT2D eigenvalue weighted by Gasteiger charge is -2.31. The highest BCUT2D eigenvalue weighted by atomic mass is 35.5. The van der Waals surface area contributed by atoms with Crippen molar-refractivity contribution in [2.75, 3.05) is 7.05 Å². The van der Waals surface area contributed by atoms with E-state index in [1.165, 1.54) is 0 Å². The minimum atomic E-state index is -0.856. The van der Waals surface area contributed by atoms with E-state index in [9.17, 15) is 14.7 Å². The van der Waals surface area contributed by atoms with Gasteiger partial charge < -0.3 is 10.0 Å². The van der Waals surface area contributed by atoms with Crippen LogP contribution in [0.2, 0.25) is 5.02 Å². The van der Waals surface area contributed by atoms with E-state index in [4.69, 9.17) is 11.6 Å². The molecule has 108 valence electrons. The van der Waals surface area contributed by atoms with Gasteiger partial charge in [-0.1, -0.05) is 17.7 Å². The molecule has 2 unspecified atom stereocenters. The maximum absolute atomic E-state index is 12.1. The van der Waals surface area contributed by atoms with E-state index in [1.807, 2.05) is 13.0 Å². The highest BCUT2D eigenvalue weighted by Gasteiger charge is 2.37. The molecule has 1 aliphatic heterocycles. The Kier molecular flexibility index (Phi) is 4.33. The van der Waals surface area contributed by atoms with Crippen molar-refractivity contribution in [3.63, 3.8) is 0 Å². The predicted molar refractivity (Wildman–Crippen MR) is 76.7 cm³/mol. The number of carbonyl (C=O) groups is 2. The Hall–Kier alpha value is -1.55. The molecule has 0 aromatic heterocycles. The van der Waals surface area contributed by atoms with Crippen LogP contribution in [0.3, 0.4) is 0 Å². The zero-order valence-electron chi connectivity index (χ0n) is 11.6. The summed E-state index contributed by atoms with van der Waals surface area (Å²) in [6.45, 7) is 1.89. The van der Waals surface area contributed by atoms with Crippen LogP contribution in [0.15, 0.2) is 18.2 Å². The Bertz CT molecular complexity index is 544. The van der Waals surface area contributed by atoms with Gasteiger partial charge >= 0.3 is 5.97 Å². The number of amides is 1. The van der Waals surface area contributed by atoms with E-state index in [-0.39, 0.29) is 5.91 Å². The van der Waals surface area contributed by atoms with Crippen molar-refractivity contribution in [1.29, 1.82) is 0 Å². The second kappa shape index (κ2) is 5.83. The van der Waals surface area contributed by atoms with Crippen LogP contribution in [0.5, 0.6) is 0 Å². The summed E-state index contributed by atoms with van der Waals surface area (Å²) in [7, 11) is 1.68. The smallest absolute Gasteiger partial charge is 0.308 e. The molecule has 0 bridgehead atoms. The maximum atomic E-state index is 12.1. The first-order valence-corrected chi connectivity index (χ1v) is 7.04. The van der Waals surface area contributed by atoms with Crippen LogP contribution >= 0.6 is 11.6 Å². The SMILES string of the molecule is Cc1cc(Cl)ccc1C1C(C(=O)O)CCCC(=O)N1C. The summed E-state index contributed by atoms with van der Waals surface area (Å²) < 4.78 is 0. The van der Waals surface area contributed by atoms with Crippen molar-refractivity contribution >= 4 is 23.5 Å². The molecule has 1 N–H and O–H groups in total. The van der Waals surface area contributed by atoms with Gasteiger partial charge in [0, 0.05) is 18.5 Å². The van der Waals surface area contributed by atoms with Gasteiger partial charge in [0.1, 0.15) is 0 Å². The average Bonchev–Trinajstić information content (AvgIpc) is 2.51. The minimum Gasteiger partial charge on any atom is -0.481 e. The summed E-state index contributed by atoms with van der Waals surface area (Å²) in [4.78, 5) is 25.2. The molecule has 1 aromatic carbocycles. The summed E-state index contributed by atoms with van der Waals surface area (Å²) in [5.41, 5.74) is 1.77. The van der Waals surface area contributed by atoms with E-state index >= 15 is 0 Å². The summed E-state index contributed by atoms with van der Waals surface area (Å²) in [6, 6.07) is 4.94. The lowest BCUT2D eigenvalue weighted by Crippen LogP contribution is -2.36. The Morgan fingerprint density at radius 1 is 1.45 bits per heavy atom. The average molecular weight is 296 g/mol. The summed E-state index contributed by atoms with van der Waals surface area (Å²) in [5, 5.41) is 10.1.